The summed E-state index contributed by atoms with van der Waals surface area (Å²) in [6.45, 7) is 8.77. The zero-order valence-electron chi connectivity index (χ0n) is 19.5. The van der Waals surface area contributed by atoms with E-state index in [-0.39, 0.29) is 36.5 Å². The minimum atomic E-state index is -0.125. The number of aromatic amines is 1. The topological polar surface area (TPSA) is 90.5 Å². The van der Waals surface area contributed by atoms with Crippen molar-refractivity contribution in [2.45, 2.75) is 33.7 Å². The molecule has 7 nitrogen and oxygen atoms in total. The first-order valence-electron chi connectivity index (χ1n) is 11.2. The number of amides is 1. The molecule has 1 aromatic heterocycles. The van der Waals surface area contributed by atoms with Gasteiger partial charge in [-0.1, -0.05) is 24.3 Å². The number of H-pyrrole nitrogens is 1. The fourth-order valence-corrected chi connectivity index (χ4v) is 3.61. The SMILES string of the molecule is CCNC(=O)COc1cccc(CN=C(NCC)NCCc2c[nH]c3cccc(C)c23)c1.I. The smallest absolute Gasteiger partial charge is 0.257 e. The number of aromatic nitrogens is 1. The maximum absolute atomic E-state index is 11.6. The zero-order valence-corrected chi connectivity index (χ0v) is 21.9. The number of carbonyl (C=O) groups is 1. The average Bonchev–Trinajstić information content (AvgIpc) is 3.21. The average molecular weight is 563 g/mol. The summed E-state index contributed by atoms with van der Waals surface area (Å²) < 4.78 is 5.57. The number of hydrogen-bond donors (Lipinski definition) is 4. The molecule has 1 amide bonds. The number of carbonyl (C=O) groups excluding carboxylic acids is 1. The maximum Gasteiger partial charge on any atom is 0.257 e. The van der Waals surface area contributed by atoms with E-state index in [9.17, 15) is 4.79 Å². The third kappa shape index (κ3) is 7.96. The van der Waals surface area contributed by atoms with Crippen LogP contribution < -0.4 is 20.7 Å². The van der Waals surface area contributed by atoms with Gasteiger partial charge in [0, 0.05) is 36.7 Å². The Hall–Kier alpha value is -2.75. The van der Waals surface area contributed by atoms with Gasteiger partial charge in [0.2, 0.25) is 0 Å². The molecule has 0 saturated carbocycles. The highest BCUT2D eigenvalue weighted by Gasteiger charge is 2.07. The molecule has 3 aromatic rings. The van der Waals surface area contributed by atoms with Crippen LogP contribution in [0.3, 0.4) is 0 Å². The number of likely N-dealkylation sites (N-methyl/N-ethyl adjacent to an activating group) is 1. The molecule has 0 fully saturated rings. The number of guanidine groups is 1. The van der Waals surface area contributed by atoms with E-state index in [1.807, 2.05) is 31.2 Å². The van der Waals surface area contributed by atoms with Crippen LogP contribution in [-0.2, 0) is 17.8 Å². The number of benzene rings is 2. The second-order valence-electron chi connectivity index (χ2n) is 7.57. The molecule has 0 radical (unpaired) electrons. The number of nitrogens with one attached hydrogen (secondary N) is 4. The Kier molecular flexibility index (Phi) is 11.0. The first kappa shape index (κ1) is 26.5. The highest BCUT2D eigenvalue weighted by molar-refractivity contribution is 14.0. The molecule has 33 heavy (non-hydrogen) atoms. The number of fused-ring (bicyclic) bond motifs is 1. The summed E-state index contributed by atoms with van der Waals surface area (Å²) in [5.74, 6) is 1.31. The molecule has 1 heterocycles. The summed E-state index contributed by atoms with van der Waals surface area (Å²) in [7, 11) is 0. The summed E-state index contributed by atoms with van der Waals surface area (Å²) >= 11 is 0. The molecule has 3 rings (SSSR count). The van der Waals surface area contributed by atoms with E-state index in [1.165, 1.54) is 22.0 Å². The van der Waals surface area contributed by atoms with Crippen molar-refractivity contribution < 1.29 is 9.53 Å². The number of nitrogens with zero attached hydrogens (tertiary/aromatic N) is 1. The molecular formula is C25H34IN5O2. The van der Waals surface area contributed by atoms with Crippen molar-refractivity contribution in [3.05, 3.63) is 65.4 Å². The maximum atomic E-state index is 11.6. The van der Waals surface area contributed by atoms with E-state index < -0.39 is 0 Å². The fourth-order valence-electron chi connectivity index (χ4n) is 3.61. The van der Waals surface area contributed by atoms with Crippen LogP contribution in [0.25, 0.3) is 10.9 Å². The summed E-state index contributed by atoms with van der Waals surface area (Å²) in [4.78, 5) is 19.6. The van der Waals surface area contributed by atoms with Gasteiger partial charge < -0.3 is 25.7 Å². The van der Waals surface area contributed by atoms with Crippen molar-refractivity contribution in [3.63, 3.8) is 0 Å². The molecule has 0 saturated heterocycles. The third-order valence-electron chi connectivity index (χ3n) is 5.09. The van der Waals surface area contributed by atoms with E-state index in [0.29, 0.717) is 18.8 Å². The standard InChI is InChI=1S/C25H33N5O2.HI/c1-4-26-23(31)17-32-21-10-7-9-19(14-21)15-30-25(27-5-2)28-13-12-20-16-29-22-11-6-8-18(3)24(20)22;/h6-11,14,16,29H,4-5,12-13,15,17H2,1-3H3,(H,26,31)(H2,27,28,30);1H. The molecule has 8 heteroatoms. The van der Waals surface area contributed by atoms with Crippen molar-refractivity contribution in [2.75, 3.05) is 26.2 Å². The second-order valence-corrected chi connectivity index (χ2v) is 7.57. The zero-order chi connectivity index (χ0) is 22.8. The molecule has 0 unspecified atom stereocenters. The van der Waals surface area contributed by atoms with E-state index >= 15 is 0 Å². The van der Waals surface area contributed by atoms with Gasteiger partial charge in [0.1, 0.15) is 5.75 Å². The molecule has 178 valence electrons. The highest BCUT2D eigenvalue weighted by atomic mass is 127. The van der Waals surface area contributed by atoms with Crippen LogP contribution >= 0.6 is 24.0 Å². The predicted molar refractivity (Wildman–Crippen MR) is 146 cm³/mol. The lowest BCUT2D eigenvalue weighted by Crippen LogP contribution is -2.38. The Morgan fingerprint density at radius 2 is 1.85 bits per heavy atom. The van der Waals surface area contributed by atoms with Crippen LogP contribution in [0.5, 0.6) is 5.75 Å². The van der Waals surface area contributed by atoms with Crippen LogP contribution in [0.4, 0.5) is 0 Å². The Labute approximate surface area is 212 Å². The van der Waals surface area contributed by atoms with Crippen molar-refractivity contribution >= 4 is 46.7 Å². The number of aliphatic imine (C=N–C) groups is 1. The lowest BCUT2D eigenvalue weighted by Gasteiger charge is -2.12. The van der Waals surface area contributed by atoms with Crippen molar-refractivity contribution in [1.29, 1.82) is 0 Å². The van der Waals surface area contributed by atoms with Crippen molar-refractivity contribution in [3.8, 4) is 5.75 Å². The number of halogens is 1. The minimum Gasteiger partial charge on any atom is -0.484 e. The first-order valence-corrected chi connectivity index (χ1v) is 11.2. The summed E-state index contributed by atoms with van der Waals surface area (Å²) in [6, 6.07) is 14.0. The van der Waals surface area contributed by atoms with E-state index in [1.54, 1.807) is 0 Å². The van der Waals surface area contributed by atoms with Gasteiger partial charge in [-0.2, -0.15) is 0 Å². The molecule has 0 aliphatic heterocycles. The summed E-state index contributed by atoms with van der Waals surface area (Å²) in [5, 5.41) is 10.7. The largest absolute Gasteiger partial charge is 0.484 e. The van der Waals surface area contributed by atoms with E-state index in [0.717, 1.165) is 31.0 Å². The summed E-state index contributed by atoms with van der Waals surface area (Å²) in [6.07, 6.45) is 2.99. The second kappa shape index (κ2) is 13.7. The lowest BCUT2D eigenvalue weighted by atomic mass is 10.1. The Balaban J connectivity index is 0.00000385. The van der Waals surface area contributed by atoms with Gasteiger partial charge in [-0.05, 0) is 62.1 Å². The molecular weight excluding hydrogens is 529 g/mol. The van der Waals surface area contributed by atoms with Gasteiger partial charge in [-0.15, -0.1) is 24.0 Å². The number of ether oxygens (including phenoxy) is 1. The number of aryl methyl sites for hydroxylation is 1. The molecule has 0 aliphatic rings. The van der Waals surface area contributed by atoms with Gasteiger partial charge in [0.15, 0.2) is 12.6 Å². The van der Waals surface area contributed by atoms with E-state index in [2.05, 4.69) is 59.2 Å². The van der Waals surface area contributed by atoms with Crippen molar-refractivity contribution in [1.82, 2.24) is 20.9 Å². The van der Waals surface area contributed by atoms with Gasteiger partial charge in [-0.25, -0.2) is 4.99 Å². The predicted octanol–water partition coefficient (Wildman–Crippen LogP) is 3.91. The van der Waals surface area contributed by atoms with Crippen LogP contribution in [0.2, 0.25) is 0 Å². The van der Waals surface area contributed by atoms with Crippen LogP contribution in [0, 0.1) is 6.92 Å². The Morgan fingerprint density at radius 3 is 2.64 bits per heavy atom. The highest BCUT2D eigenvalue weighted by Crippen LogP contribution is 2.22. The quantitative estimate of drug-likeness (QED) is 0.171. The third-order valence-corrected chi connectivity index (χ3v) is 5.09. The Morgan fingerprint density at radius 1 is 1.06 bits per heavy atom. The van der Waals surface area contributed by atoms with Gasteiger partial charge in [0.25, 0.3) is 5.91 Å². The number of rotatable bonds is 10. The molecule has 0 bridgehead atoms. The molecule has 2 aromatic carbocycles. The fraction of sp³-hybridized carbons (Fsp3) is 0.360. The van der Waals surface area contributed by atoms with Gasteiger partial charge in [0.05, 0.1) is 6.54 Å². The Bertz CT molecular complexity index is 1060. The lowest BCUT2D eigenvalue weighted by molar-refractivity contribution is -0.122. The number of hydrogen-bond acceptors (Lipinski definition) is 3. The molecule has 0 aliphatic carbocycles. The van der Waals surface area contributed by atoms with E-state index in [4.69, 9.17) is 9.73 Å². The van der Waals surface area contributed by atoms with Crippen molar-refractivity contribution in [2.24, 2.45) is 4.99 Å². The van der Waals surface area contributed by atoms with Gasteiger partial charge in [-0.3, -0.25) is 4.79 Å². The first-order chi connectivity index (χ1) is 15.6. The minimum absolute atomic E-state index is 0. The van der Waals surface area contributed by atoms with Crippen LogP contribution in [0.1, 0.15) is 30.5 Å². The van der Waals surface area contributed by atoms with Crippen LogP contribution in [0.15, 0.2) is 53.7 Å². The normalized spacial score (nSPS) is 11.1. The monoisotopic (exact) mass is 563 g/mol. The molecule has 0 spiro atoms. The van der Waals surface area contributed by atoms with Gasteiger partial charge >= 0.3 is 0 Å². The molecule has 4 N–H and O–H groups in total. The van der Waals surface area contributed by atoms with Crippen LogP contribution in [-0.4, -0.2) is 43.1 Å². The molecule has 0 atom stereocenters. The summed E-state index contributed by atoms with van der Waals surface area (Å²) in [5.41, 5.74) is 4.78.